The van der Waals surface area contributed by atoms with Crippen molar-refractivity contribution < 1.29 is 23.0 Å². The lowest BCUT2D eigenvalue weighted by molar-refractivity contribution is -0.274. The Labute approximate surface area is 121 Å². The van der Waals surface area contributed by atoms with Gasteiger partial charge in [-0.2, -0.15) is 0 Å². The Morgan fingerprint density at radius 1 is 1.19 bits per heavy atom. The van der Waals surface area contributed by atoms with E-state index in [2.05, 4.69) is 4.74 Å². The molecule has 2 rings (SSSR count). The van der Waals surface area contributed by atoms with Crippen molar-refractivity contribution in [3.05, 3.63) is 29.8 Å². The Bertz CT molecular complexity index is 458. The smallest absolute Gasteiger partial charge is 0.406 e. The first-order valence-electron chi connectivity index (χ1n) is 7.16. The maximum atomic E-state index is 12.2. The molecule has 1 aromatic carbocycles. The summed E-state index contributed by atoms with van der Waals surface area (Å²) in [5, 5.41) is 10.3. The predicted octanol–water partition coefficient (Wildman–Crippen LogP) is 3.53. The van der Waals surface area contributed by atoms with Gasteiger partial charge in [0.25, 0.3) is 0 Å². The molecule has 0 heterocycles. The van der Waals surface area contributed by atoms with Crippen molar-refractivity contribution in [3.8, 4) is 5.75 Å². The van der Waals surface area contributed by atoms with E-state index in [0.717, 1.165) is 32.1 Å². The maximum absolute atomic E-state index is 12.2. The largest absolute Gasteiger partial charge is 0.573 e. The van der Waals surface area contributed by atoms with Gasteiger partial charge in [-0.25, -0.2) is 0 Å². The minimum Gasteiger partial charge on any atom is -0.406 e. The Kier molecular flexibility index (Phi) is 5.11. The van der Waals surface area contributed by atoms with Crippen LogP contribution < -0.4 is 10.5 Å². The number of hydrogen-bond acceptors (Lipinski definition) is 3. The maximum Gasteiger partial charge on any atom is 0.573 e. The minimum absolute atomic E-state index is 0.112. The van der Waals surface area contributed by atoms with Crippen LogP contribution in [0.4, 0.5) is 13.2 Å². The van der Waals surface area contributed by atoms with Crippen LogP contribution in [0.5, 0.6) is 5.75 Å². The number of aliphatic hydroxyl groups excluding tert-OH is 1. The highest BCUT2D eigenvalue weighted by Gasteiger charge is 2.32. The van der Waals surface area contributed by atoms with Gasteiger partial charge >= 0.3 is 6.36 Å². The molecule has 0 aromatic heterocycles. The fraction of sp³-hybridized carbons (Fsp3) is 0.600. The van der Waals surface area contributed by atoms with E-state index < -0.39 is 18.5 Å². The molecule has 1 fully saturated rings. The van der Waals surface area contributed by atoms with Crippen LogP contribution in [0.2, 0.25) is 0 Å². The third-order valence-electron chi connectivity index (χ3n) is 3.98. The zero-order valence-electron chi connectivity index (χ0n) is 11.6. The summed E-state index contributed by atoms with van der Waals surface area (Å²) in [5.74, 6) is -0.202. The highest BCUT2D eigenvalue weighted by atomic mass is 19.4. The second kappa shape index (κ2) is 6.66. The van der Waals surface area contributed by atoms with Crippen LogP contribution in [0, 0.1) is 5.92 Å². The van der Waals surface area contributed by atoms with Crippen LogP contribution in [0.1, 0.15) is 43.7 Å². The lowest BCUT2D eigenvalue weighted by Gasteiger charge is -2.30. The van der Waals surface area contributed by atoms with E-state index in [0.29, 0.717) is 5.56 Å². The van der Waals surface area contributed by atoms with E-state index in [-0.39, 0.29) is 11.7 Å². The summed E-state index contributed by atoms with van der Waals surface area (Å²) < 4.78 is 40.5. The molecule has 1 aliphatic carbocycles. The SMILES string of the molecule is N[C@@H](c1cccc(OC(F)(F)F)c1)[C@H](O)C1CCCCC1. The van der Waals surface area contributed by atoms with Gasteiger partial charge in [0.15, 0.2) is 0 Å². The van der Waals surface area contributed by atoms with Gasteiger partial charge in [-0.15, -0.1) is 13.2 Å². The van der Waals surface area contributed by atoms with Gasteiger partial charge in [0, 0.05) is 0 Å². The van der Waals surface area contributed by atoms with Crippen LogP contribution in [0.3, 0.4) is 0 Å². The number of rotatable bonds is 4. The second-order valence-corrected chi connectivity index (χ2v) is 5.53. The first-order valence-corrected chi connectivity index (χ1v) is 7.16. The van der Waals surface area contributed by atoms with Crippen molar-refractivity contribution in [1.82, 2.24) is 0 Å². The van der Waals surface area contributed by atoms with E-state index in [1.165, 1.54) is 18.2 Å². The molecular weight excluding hydrogens is 283 g/mol. The third-order valence-corrected chi connectivity index (χ3v) is 3.98. The summed E-state index contributed by atoms with van der Waals surface area (Å²) in [7, 11) is 0. The molecule has 3 nitrogen and oxygen atoms in total. The van der Waals surface area contributed by atoms with Crippen molar-refractivity contribution in [3.63, 3.8) is 0 Å². The number of alkyl halides is 3. The number of aliphatic hydroxyl groups is 1. The molecule has 2 atom stereocenters. The number of hydrogen-bond donors (Lipinski definition) is 2. The zero-order chi connectivity index (χ0) is 15.5. The topological polar surface area (TPSA) is 55.5 Å². The van der Waals surface area contributed by atoms with Gasteiger partial charge in [-0.05, 0) is 36.5 Å². The molecule has 3 N–H and O–H groups in total. The summed E-state index contributed by atoms with van der Waals surface area (Å²) in [6.07, 6.45) is -0.372. The summed E-state index contributed by atoms with van der Waals surface area (Å²) >= 11 is 0. The number of ether oxygens (including phenoxy) is 1. The first-order chi connectivity index (χ1) is 9.87. The van der Waals surface area contributed by atoms with Gasteiger partial charge < -0.3 is 15.6 Å². The third kappa shape index (κ3) is 4.61. The zero-order valence-corrected chi connectivity index (χ0v) is 11.6. The summed E-state index contributed by atoms with van der Waals surface area (Å²) in [6.45, 7) is 0. The molecule has 21 heavy (non-hydrogen) atoms. The molecule has 1 saturated carbocycles. The van der Waals surface area contributed by atoms with Crippen molar-refractivity contribution in [2.45, 2.75) is 50.6 Å². The van der Waals surface area contributed by atoms with Gasteiger partial charge in [0.05, 0.1) is 12.1 Å². The van der Waals surface area contributed by atoms with Gasteiger partial charge in [-0.3, -0.25) is 0 Å². The van der Waals surface area contributed by atoms with Crippen molar-refractivity contribution in [2.75, 3.05) is 0 Å². The lowest BCUT2D eigenvalue weighted by Crippen LogP contribution is -2.34. The van der Waals surface area contributed by atoms with Crippen LogP contribution in [-0.2, 0) is 0 Å². The molecule has 0 unspecified atom stereocenters. The number of nitrogens with two attached hydrogens (primary N) is 1. The molecule has 118 valence electrons. The molecule has 1 aromatic rings. The molecule has 0 saturated heterocycles. The molecule has 0 amide bonds. The van der Waals surface area contributed by atoms with Gasteiger partial charge in [0.2, 0.25) is 0 Å². The average Bonchev–Trinajstić information content (AvgIpc) is 2.45. The molecule has 0 bridgehead atoms. The van der Waals surface area contributed by atoms with Crippen LogP contribution in [0.15, 0.2) is 24.3 Å². The lowest BCUT2D eigenvalue weighted by atomic mass is 9.81. The molecule has 0 aliphatic heterocycles. The standard InChI is InChI=1S/C15H20F3NO2/c16-15(17,18)21-12-8-4-7-11(9-12)13(19)14(20)10-5-2-1-3-6-10/h4,7-10,13-14,20H,1-3,5-6,19H2/t13-,14+/m0/s1. The average molecular weight is 303 g/mol. The van der Waals surface area contributed by atoms with Crippen LogP contribution in [0.25, 0.3) is 0 Å². The molecule has 0 spiro atoms. The fourth-order valence-electron chi connectivity index (χ4n) is 2.89. The number of benzene rings is 1. The Hall–Kier alpha value is -1.27. The minimum atomic E-state index is -4.73. The second-order valence-electron chi connectivity index (χ2n) is 5.53. The van der Waals surface area contributed by atoms with E-state index in [1.807, 2.05) is 0 Å². The first kappa shape index (κ1) is 16.1. The van der Waals surface area contributed by atoms with E-state index in [4.69, 9.17) is 5.73 Å². The molecule has 6 heteroatoms. The summed E-state index contributed by atoms with van der Waals surface area (Å²) in [5.41, 5.74) is 6.47. The quantitative estimate of drug-likeness (QED) is 0.894. The Morgan fingerprint density at radius 2 is 1.86 bits per heavy atom. The predicted molar refractivity (Wildman–Crippen MR) is 72.6 cm³/mol. The van der Waals surface area contributed by atoms with E-state index in [1.54, 1.807) is 6.07 Å². The highest BCUT2D eigenvalue weighted by Crippen LogP contribution is 2.32. The normalized spacial score (nSPS) is 20.0. The highest BCUT2D eigenvalue weighted by molar-refractivity contribution is 5.31. The number of halogens is 3. The van der Waals surface area contributed by atoms with Crippen molar-refractivity contribution in [2.24, 2.45) is 11.7 Å². The van der Waals surface area contributed by atoms with Gasteiger partial charge in [-0.1, -0.05) is 31.4 Å². The van der Waals surface area contributed by atoms with E-state index >= 15 is 0 Å². The van der Waals surface area contributed by atoms with Gasteiger partial charge in [0.1, 0.15) is 5.75 Å². The van der Waals surface area contributed by atoms with Crippen LogP contribution >= 0.6 is 0 Å². The Morgan fingerprint density at radius 3 is 2.48 bits per heavy atom. The Balaban J connectivity index is 2.07. The van der Waals surface area contributed by atoms with Crippen molar-refractivity contribution >= 4 is 0 Å². The molecular formula is C15H20F3NO2. The molecule has 1 aliphatic rings. The fourth-order valence-corrected chi connectivity index (χ4v) is 2.89. The van der Waals surface area contributed by atoms with Crippen LogP contribution in [-0.4, -0.2) is 17.6 Å². The van der Waals surface area contributed by atoms with E-state index in [9.17, 15) is 18.3 Å². The monoisotopic (exact) mass is 303 g/mol. The summed E-state index contributed by atoms with van der Waals surface area (Å²) in [6, 6.07) is 4.81. The van der Waals surface area contributed by atoms with Crippen molar-refractivity contribution in [1.29, 1.82) is 0 Å². The summed E-state index contributed by atoms with van der Waals surface area (Å²) in [4.78, 5) is 0. The molecule has 0 radical (unpaired) electrons.